The van der Waals surface area contributed by atoms with Crippen LogP contribution in [-0.2, 0) is 16.7 Å². The Morgan fingerprint density at radius 1 is 1.19 bits per heavy atom. The van der Waals surface area contributed by atoms with E-state index >= 15 is 0 Å². The van der Waals surface area contributed by atoms with Gasteiger partial charge in [-0.05, 0) is 44.0 Å². The van der Waals surface area contributed by atoms with E-state index in [9.17, 15) is 4.79 Å². The average molecular weight is 433 g/mol. The number of imidazole rings is 1. The molecule has 166 valence electrons. The summed E-state index contributed by atoms with van der Waals surface area (Å²) in [6.45, 7) is 3.20. The van der Waals surface area contributed by atoms with Crippen molar-refractivity contribution in [3.63, 3.8) is 0 Å². The van der Waals surface area contributed by atoms with E-state index in [1.807, 2.05) is 54.3 Å². The van der Waals surface area contributed by atoms with Gasteiger partial charge in [-0.1, -0.05) is 29.4 Å². The van der Waals surface area contributed by atoms with Gasteiger partial charge < -0.3 is 19.0 Å². The minimum absolute atomic E-state index is 0.0189. The van der Waals surface area contributed by atoms with Crippen LogP contribution < -0.4 is 4.74 Å². The summed E-state index contributed by atoms with van der Waals surface area (Å²) in [6, 6.07) is 15.8. The lowest BCUT2D eigenvalue weighted by molar-refractivity contribution is -0.154. The number of hydrogen-bond donors (Lipinski definition) is 0. The zero-order valence-corrected chi connectivity index (χ0v) is 18.7. The number of carbonyl (C=O) groups excluding carboxylic acids is 1. The number of aryl methyl sites for hydroxylation is 1. The molecule has 1 amide bonds. The molecule has 0 spiro atoms. The molecule has 0 saturated carbocycles. The monoisotopic (exact) mass is 432 g/mol. The van der Waals surface area contributed by atoms with E-state index in [2.05, 4.69) is 22.8 Å². The van der Waals surface area contributed by atoms with E-state index < -0.39 is 5.60 Å². The van der Waals surface area contributed by atoms with Crippen LogP contribution in [0, 0.1) is 0 Å². The van der Waals surface area contributed by atoms with Gasteiger partial charge in [-0.25, -0.2) is 4.98 Å². The third-order valence-electron chi connectivity index (χ3n) is 6.63. The number of aromatic nitrogens is 2. The number of rotatable bonds is 4. The maximum absolute atomic E-state index is 13.6. The van der Waals surface area contributed by atoms with Gasteiger partial charge in [-0.15, -0.1) is 0 Å². The molecule has 0 bridgehead atoms. The van der Waals surface area contributed by atoms with Crippen LogP contribution in [0.3, 0.4) is 0 Å². The van der Waals surface area contributed by atoms with Crippen molar-refractivity contribution in [2.75, 3.05) is 20.2 Å². The van der Waals surface area contributed by atoms with Gasteiger partial charge in [-0.2, -0.15) is 0 Å². The van der Waals surface area contributed by atoms with Crippen LogP contribution in [0.2, 0.25) is 0 Å². The van der Waals surface area contributed by atoms with Crippen molar-refractivity contribution < 1.29 is 14.4 Å². The molecular formula is C25H28N4O3. The number of methoxy groups -OCH3 is 1. The zero-order valence-electron chi connectivity index (χ0n) is 18.7. The topological polar surface area (TPSA) is 69.0 Å². The molecule has 3 heterocycles. The number of fused-ring (bicyclic) bond motifs is 1. The molecule has 7 heteroatoms. The fraction of sp³-hybridized carbons (Fsp3) is 0.400. The third-order valence-corrected chi connectivity index (χ3v) is 6.63. The summed E-state index contributed by atoms with van der Waals surface area (Å²) in [4.78, 5) is 26.1. The molecule has 2 aromatic carbocycles. The summed E-state index contributed by atoms with van der Waals surface area (Å²) < 4.78 is 7.62. The summed E-state index contributed by atoms with van der Waals surface area (Å²) in [7, 11) is 3.69. The molecule has 0 aliphatic carbocycles. The standard InChI is InChI=1S/C25H28N4O3/c1-25(15-20(27-32-25)18-10-4-7-13-22(18)31-3)24(30)29-14-8-9-17(16-29)23-26-19-11-5-6-12-21(19)28(23)2/h4-7,10-13,17H,8-9,14-16H2,1-3H3. The van der Waals surface area contributed by atoms with Gasteiger partial charge in [0.15, 0.2) is 0 Å². The van der Waals surface area contributed by atoms with Gasteiger partial charge in [0, 0.05) is 38.0 Å². The Kier molecular flexibility index (Phi) is 5.12. The van der Waals surface area contributed by atoms with Crippen LogP contribution in [0.5, 0.6) is 5.75 Å². The first-order valence-corrected chi connectivity index (χ1v) is 11.1. The Balaban J connectivity index is 1.34. The molecular weight excluding hydrogens is 404 g/mol. The van der Waals surface area contributed by atoms with Crippen molar-refractivity contribution in [2.24, 2.45) is 12.2 Å². The van der Waals surface area contributed by atoms with Crippen molar-refractivity contribution in [1.82, 2.24) is 14.5 Å². The molecule has 7 nitrogen and oxygen atoms in total. The molecule has 2 atom stereocenters. The van der Waals surface area contributed by atoms with E-state index in [1.165, 1.54) is 0 Å². The number of carbonyl (C=O) groups is 1. The number of likely N-dealkylation sites (tertiary alicyclic amines) is 1. The van der Waals surface area contributed by atoms with Gasteiger partial charge in [-0.3, -0.25) is 4.79 Å². The minimum Gasteiger partial charge on any atom is -0.496 e. The summed E-state index contributed by atoms with van der Waals surface area (Å²) >= 11 is 0. The largest absolute Gasteiger partial charge is 0.496 e. The molecule has 32 heavy (non-hydrogen) atoms. The SMILES string of the molecule is COc1ccccc1C1=NOC(C)(C(=O)N2CCCC(c3nc4ccccc4n3C)C2)C1. The molecule has 5 rings (SSSR count). The molecule has 2 aliphatic rings. The first kappa shape index (κ1) is 20.5. The summed E-state index contributed by atoms with van der Waals surface area (Å²) in [6.07, 6.45) is 2.37. The Bertz CT molecular complexity index is 1200. The number of benzene rings is 2. The highest BCUT2D eigenvalue weighted by Crippen LogP contribution is 2.34. The van der Waals surface area contributed by atoms with E-state index in [4.69, 9.17) is 14.6 Å². The van der Waals surface area contributed by atoms with Gasteiger partial charge in [0.1, 0.15) is 11.6 Å². The number of oxime groups is 1. The van der Waals surface area contributed by atoms with Gasteiger partial charge in [0.2, 0.25) is 5.60 Å². The molecule has 2 aliphatic heterocycles. The second kappa shape index (κ2) is 7.97. The van der Waals surface area contributed by atoms with E-state index in [1.54, 1.807) is 7.11 Å². The number of nitrogens with zero attached hydrogens (tertiary/aromatic N) is 4. The fourth-order valence-electron chi connectivity index (χ4n) is 4.92. The Morgan fingerprint density at radius 2 is 1.97 bits per heavy atom. The van der Waals surface area contributed by atoms with Crippen molar-refractivity contribution >= 4 is 22.7 Å². The van der Waals surface area contributed by atoms with E-state index in [0.29, 0.717) is 13.0 Å². The number of hydrogen-bond acceptors (Lipinski definition) is 5. The van der Waals surface area contributed by atoms with Crippen molar-refractivity contribution in [3.05, 3.63) is 59.9 Å². The number of piperidine rings is 1. The predicted molar refractivity (Wildman–Crippen MR) is 123 cm³/mol. The van der Waals surface area contributed by atoms with E-state index in [0.717, 1.165) is 53.3 Å². The molecule has 3 aromatic rings. The molecule has 2 unspecified atom stereocenters. The normalized spacial score (nSPS) is 23.2. The van der Waals surface area contributed by atoms with Crippen LogP contribution in [0.15, 0.2) is 53.7 Å². The Hall–Kier alpha value is -3.35. The molecule has 0 N–H and O–H groups in total. The van der Waals surface area contributed by atoms with Crippen LogP contribution in [0.1, 0.15) is 43.5 Å². The summed E-state index contributed by atoms with van der Waals surface area (Å²) in [5.41, 5.74) is 2.70. The maximum atomic E-state index is 13.6. The van der Waals surface area contributed by atoms with Crippen molar-refractivity contribution in [2.45, 2.75) is 37.7 Å². The Labute approximate surface area is 187 Å². The zero-order chi connectivity index (χ0) is 22.3. The van der Waals surface area contributed by atoms with E-state index in [-0.39, 0.29) is 11.8 Å². The van der Waals surface area contributed by atoms with Crippen LogP contribution in [-0.4, -0.2) is 51.9 Å². The summed E-state index contributed by atoms with van der Waals surface area (Å²) in [5, 5.41) is 4.28. The molecule has 0 radical (unpaired) electrons. The lowest BCUT2D eigenvalue weighted by Gasteiger charge is -2.36. The molecule has 1 fully saturated rings. The first-order valence-electron chi connectivity index (χ1n) is 11.1. The predicted octanol–water partition coefficient (Wildman–Crippen LogP) is 3.87. The number of para-hydroxylation sites is 3. The lowest BCUT2D eigenvalue weighted by atomic mass is 9.91. The van der Waals surface area contributed by atoms with Crippen LogP contribution in [0.25, 0.3) is 11.0 Å². The first-order chi connectivity index (χ1) is 15.5. The van der Waals surface area contributed by atoms with Gasteiger partial charge in [0.05, 0.1) is 23.9 Å². The lowest BCUT2D eigenvalue weighted by Crippen LogP contribution is -2.50. The van der Waals surface area contributed by atoms with Crippen molar-refractivity contribution in [1.29, 1.82) is 0 Å². The highest BCUT2D eigenvalue weighted by atomic mass is 16.7. The molecule has 1 saturated heterocycles. The second-order valence-electron chi connectivity index (χ2n) is 8.85. The highest BCUT2D eigenvalue weighted by Gasteiger charge is 2.46. The minimum atomic E-state index is -1.01. The highest BCUT2D eigenvalue weighted by molar-refractivity contribution is 6.07. The summed E-state index contributed by atoms with van der Waals surface area (Å²) in [5.74, 6) is 1.94. The molecule has 1 aromatic heterocycles. The van der Waals surface area contributed by atoms with Gasteiger partial charge >= 0.3 is 0 Å². The smallest absolute Gasteiger partial charge is 0.269 e. The maximum Gasteiger partial charge on any atom is 0.269 e. The van der Waals surface area contributed by atoms with Crippen LogP contribution in [0.4, 0.5) is 0 Å². The van der Waals surface area contributed by atoms with Crippen LogP contribution >= 0.6 is 0 Å². The number of amides is 1. The third kappa shape index (κ3) is 3.42. The second-order valence-corrected chi connectivity index (χ2v) is 8.85. The quantitative estimate of drug-likeness (QED) is 0.628. The van der Waals surface area contributed by atoms with Crippen molar-refractivity contribution in [3.8, 4) is 5.75 Å². The number of ether oxygens (including phenoxy) is 1. The van der Waals surface area contributed by atoms with Gasteiger partial charge in [0.25, 0.3) is 5.91 Å². The average Bonchev–Trinajstić information content (AvgIpc) is 3.40. The Morgan fingerprint density at radius 3 is 2.78 bits per heavy atom. The fourth-order valence-corrected chi connectivity index (χ4v) is 4.92.